The fourth-order valence-electron chi connectivity index (χ4n) is 7.63. The number of para-hydroxylation sites is 3. The summed E-state index contributed by atoms with van der Waals surface area (Å²) in [5.41, 5.74) is 6.74. The van der Waals surface area contributed by atoms with Gasteiger partial charge >= 0.3 is 0 Å². The number of rotatable bonds is 7. The molecule has 0 aliphatic heterocycles. The van der Waals surface area contributed by atoms with Crippen LogP contribution in [0.25, 0.3) is 78.0 Å². The SMILES string of the molecule is Cl.[2H]c1c([2H])c([2H])c(-c2cccc(-c3c([2H])c([2H])c([2H])c([2H])c3[2H])c2-c2nc3ccccc3n2-c2cccc(Nc3ccc4c5ccccc5n(-c5cc(C(C)(C)C)ccn5)c4c3)c2)c([2H])c1[2H]. The summed E-state index contributed by atoms with van der Waals surface area (Å²) in [6.45, 7) is 6.55. The van der Waals surface area contributed by atoms with Gasteiger partial charge < -0.3 is 5.32 Å². The van der Waals surface area contributed by atoms with Crippen LogP contribution in [0, 0.1) is 0 Å². The van der Waals surface area contributed by atoms with E-state index in [4.69, 9.17) is 23.7 Å². The lowest BCUT2D eigenvalue weighted by molar-refractivity contribution is 0.588. The molecule has 3 heterocycles. The summed E-state index contributed by atoms with van der Waals surface area (Å²) in [5.74, 6) is 1.06. The number of hydrogen-bond acceptors (Lipinski definition) is 3. The average Bonchev–Trinajstić information content (AvgIpc) is 3.87. The molecule has 10 aromatic rings. The molecule has 0 aliphatic rings. The van der Waals surface area contributed by atoms with Crippen molar-refractivity contribution in [3.63, 3.8) is 0 Å². The highest BCUT2D eigenvalue weighted by Gasteiger charge is 2.22. The Kier molecular flexibility index (Phi) is 6.87. The highest BCUT2D eigenvalue weighted by molar-refractivity contribution is 6.10. The van der Waals surface area contributed by atoms with Gasteiger partial charge in [0.15, 0.2) is 0 Å². The van der Waals surface area contributed by atoms with Crippen LogP contribution in [0.3, 0.4) is 0 Å². The highest BCUT2D eigenvalue weighted by Crippen LogP contribution is 2.42. The third-order valence-corrected chi connectivity index (χ3v) is 10.3. The average molecular weight is 782 g/mol. The molecule has 58 heavy (non-hydrogen) atoms. The fraction of sp³-hybridized carbons (Fsp3) is 0.0769. The van der Waals surface area contributed by atoms with Gasteiger partial charge in [0.05, 0.1) is 35.8 Å². The van der Waals surface area contributed by atoms with Gasteiger partial charge in [0.1, 0.15) is 11.6 Å². The van der Waals surface area contributed by atoms with Gasteiger partial charge in [-0.05, 0) is 93.9 Å². The Morgan fingerprint density at radius 3 is 1.93 bits per heavy atom. The Labute approximate surface area is 358 Å². The molecule has 0 bridgehead atoms. The van der Waals surface area contributed by atoms with Crippen LogP contribution in [-0.4, -0.2) is 19.1 Å². The lowest BCUT2D eigenvalue weighted by Gasteiger charge is -2.20. The van der Waals surface area contributed by atoms with Crippen LogP contribution in [0.5, 0.6) is 0 Å². The number of nitrogens with zero attached hydrogens (tertiary/aromatic N) is 4. The minimum atomic E-state index is -0.564. The second-order valence-electron chi connectivity index (χ2n) is 14.9. The summed E-state index contributed by atoms with van der Waals surface area (Å²) in [4.78, 5) is 9.97. The molecule has 0 saturated heterocycles. The van der Waals surface area contributed by atoms with E-state index in [-0.39, 0.29) is 51.5 Å². The van der Waals surface area contributed by atoms with Crippen molar-refractivity contribution in [2.24, 2.45) is 0 Å². The molecule has 6 heteroatoms. The van der Waals surface area contributed by atoms with Crippen molar-refractivity contribution in [3.05, 3.63) is 194 Å². The maximum atomic E-state index is 9.05. The predicted octanol–water partition coefficient (Wildman–Crippen LogP) is 14.0. The van der Waals surface area contributed by atoms with Gasteiger partial charge in [-0.2, -0.15) is 0 Å². The van der Waals surface area contributed by atoms with Gasteiger partial charge in [-0.25, -0.2) is 9.97 Å². The smallest absolute Gasteiger partial charge is 0.146 e. The molecular weight excluding hydrogens is 730 g/mol. The molecule has 0 amide bonds. The molecule has 282 valence electrons. The number of anilines is 2. The number of halogens is 1. The van der Waals surface area contributed by atoms with Crippen LogP contribution in [0.4, 0.5) is 11.4 Å². The number of fused-ring (bicyclic) bond motifs is 4. The lowest BCUT2D eigenvalue weighted by Crippen LogP contribution is -2.12. The van der Waals surface area contributed by atoms with Crippen molar-refractivity contribution < 1.29 is 13.7 Å². The van der Waals surface area contributed by atoms with Gasteiger partial charge in [-0.1, -0.05) is 142 Å². The van der Waals surface area contributed by atoms with E-state index in [0.717, 1.165) is 44.6 Å². The first-order valence-electron chi connectivity index (χ1n) is 23.7. The van der Waals surface area contributed by atoms with E-state index in [9.17, 15) is 0 Å². The molecule has 0 radical (unpaired) electrons. The Bertz CT molecular complexity index is 3540. The fourth-order valence-corrected chi connectivity index (χ4v) is 7.63. The Hall–Kier alpha value is -6.95. The molecular formula is C52H42ClN5. The van der Waals surface area contributed by atoms with E-state index in [1.807, 2.05) is 77.5 Å². The zero-order valence-corrected chi connectivity index (χ0v) is 32.6. The number of hydrogen-bond donors (Lipinski definition) is 1. The summed E-state index contributed by atoms with van der Waals surface area (Å²) in [5, 5.41) is 5.79. The summed E-state index contributed by atoms with van der Waals surface area (Å²) < 4.78 is 91.4. The van der Waals surface area contributed by atoms with Gasteiger partial charge in [0.25, 0.3) is 0 Å². The van der Waals surface area contributed by atoms with Crippen LogP contribution >= 0.6 is 12.4 Å². The third-order valence-electron chi connectivity index (χ3n) is 10.3. The van der Waals surface area contributed by atoms with E-state index in [1.165, 1.54) is 0 Å². The van der Waals surface area contributed by atoms with E-state index >= 15 is 0 Å². The molecule has 0 atom stereocenters. The van der Waals surface area contributed by atoms with Gasteiger partial charge in [-0.3, -0.25) is 9.13 Å². The van der Waals surface area contributed by atoms with Crippen molar-refractivity contribution in [1.82, 2.24) is 19.1 Å². The quantitative estimate of drug-likeness (QED) is 0.175. The largest absolute Gasteiger partial charge is 0.355 e. The Morgan fingerprint density at radius 1 is 0.569 bits per heavy atom. The molecule has 1 N–H and O–H groups in total. The first-order valence-corrected chi connectivity index (χ1v) is 18.7. The first kappa shape index (κ1) is 26.8. The molecule has 0 fully saturated rings. The molecule has 0 spiro atoms. The molecule has 10 rings (SSSR count). The van der Waals surface area contributed by atoms with Crippen LogP contribution in [0.2, 0.25) is 0 Å². The molecule has 0 unspecified atom stereocenters. The van der Waals surface area contributed by atoms with Crippen LogP contribution in [-0.2, 0) is 5.41 Å². The highest BCUT2D eigenvalue weighted by atomic mass is 35.5. The second kappa shape index (κ2) is 14.8. The zero-order chi connectivity index (χ0) is 47.2. The minimum absolute atomic E-state index is 0. The van der Waals surface area contributed by atoms with Crippen molar-refractivity contribution in [3.8, 4) is 45.1 Å². The van der Waals surface area contributed by atoms with Crippen molar-refractivity contribution in [2.45, 2.75) is 26.2 Å². The van der Waals surface area contributed by atoms with E-state index in [1.54, 1.807) is 18.2 Å². The summed E-state index contributed by atoms with van der Waals surface area (Å²) in [7, 11) is 0. The van der Waals surface area contributed by atoms with Gasteiger partial charge in [0.2, 0.25) is 0 Å². The van der Waals surface area contributed by atoms with Crippen molar-refractivity contribution in [1.29, 1.82) is 0 Å². The summed E-state index contributed by atoms with van der Waals surface area (Å²) in [6, 6.07) is 33.4. The number of benzene rings is 7. The Balaban J connectivity index is 0.00000578. The van der Waals surface area contributed by atoms with E-state index < -0.39 is 60.4 Å². The minimum Gasteiger partial charge on any atom is -0.355 e. The van der Waals surface area contributed by atoms with E-state index in [2.05, 4.69) is 67.1 Å². The van der Waals surface area contributed by atoms with Crippen LogP contribution < -0.4 is 5.32 Å². The van der Waals surface area contributed by atoms with Gasteiger partial charge in [-0.15, -0.1) is 12.4 Å². The summed E-state index contributed by atoms with van der Waals surface area (Å²) in [6.07, 6.45) is 1.86. The van der Waals surface area contributed by atoms with Crippen molar-refractivity contribution >= 4 is 56.6 Å². The number of aromatic nitrogens is 4. The standard InChI is InChI=1S/C52H41N5.ClH/c1-52(2,3)37-30-31-53-49(32-37)57-46-26-12-10-22-43(46)44-29-28-39(34-48(44)57)54-38-20-14-21-40(33-38)56-47-27-13-11-25-45(47)55-51(56)50-41(35-16-6-4-7-17-35)23-15-24-42(50)36-18-8-5-9-19-36;/h4-34,54H,1-3H3;1H/i4D,5D,6D,7D,8D,9D,16D,17D,18D,19D;. The topological polar surface area (TPSA) is 47.7 Å². The first-order chi connectivity index (χ1) is 32.0. The summed E-state index contributed by atoms with van der Waals surface area (Å²) >= 11 is 0. The normalized spacial score (nSPS) is 14.0. The molecule has 7 aromatic carbocycles. The number of imidazole rings is 1. The third kappa shape index (κ3) is 6.49. The zero-order valence-electron chi connectivity index (χ0n) is 41.8. The molecule has 5 nitrogen and oxygen atoms in total. The molecule has 3 aromatic heterocycles. The van der Waals surface area contributed by atoms with Crippen molar-refractivity contribution in [2.75, 3.05) is 5.32 Å². The second-order valence-corrected chi connectivity index (χ2v) is 14.9. The Morgan fingerprint density at radius 2 is 1.21 bits per heavy atom. The monoisotopic (exact) mass is 781 g/mol. The maximum absolute atomic E-state index is 9.05. The molecule has 0 saturated carbocycles. The molecule has 0 aliphatic carbocycles. The van der Waals surface area contributed by atoms with Gasteiger partial charge in [0, 0.05) is 39.6 Å². The predicted molar refractivity (Wildman–Crippen MR) is 245 cm³/mol. The van der Waals surface area contributed by atoms with E-state index in [0.29, 0.717) is 16.7 Å². The lowest BCUT2D eigenvalue weighted by atomic mass is 9.88. The number of nitrogens with one attached hydrogen (secondary N) is 1. The maximum Gasteiger partial charge on any atom is 0.146 e. The number of pyridine rings is 1. The van der Waals surface area contributed by atoms with Crippen LogP contribution in [0.15, 0.2) is 188 Å². The van der Waals surface area contributed by atoms with Crippen LogP contribution in [0.1, 0.15) is 40.0 Å².